The fourth-order valence-electron chi connectivity index (χ4n) is 0.585. The Morgan fingerprint density at radius 3 is 2.36 bits per heavy atom. The van der Waals surface area contributed by atoms with Crippen molar-refractivity contribution in [2.24, 2.45) is 15.0 Å². The molecule has 0 rings (SSSR count). The van der Waals surface area contributed by atoms with Crippen LogP contribution in [-0.2, 0) is 0 Å². The fraction of sp³-hybridized carbons (Fsp3) is 0.571. The normalized spacial score (nSPS) is 10.3. The Morgan fingerprint density at radius 2 is 1.79 bits per heavy atom. The van der Waals surface area contributed by atoms with Crippen molar-refractivity contribution in [1.82, 2.24) is 0 Å². The van der Waals surface area contributed by atoms with Gasteiger partial charge in [0.1, 0.15) is 5.37 Å². The van der Waals surface area contributed by atoms with Crippen LogP contribution in [0.1, 0.15) is 0 Å². The molecule has 0 aromatic carbocycles. The highest BCUT2D eigenvalue weighted by atomic mass is 32.2. The minimum Gasteiger partial charge on any atom is -0.232 e. The molecule has 0 aromatic heterocycles. The number of hydrogen-bond acceptors (Lipinski definition) is 7. The molecule has 0 aliphatic heterocycles. The number of rotatable bonds is 7. The monoisotopic (exact) mass is 261 g/mol. The molecule has 1 atom stereocenters. The van der Waals surface area contributed by atoms with E-state index in [4.69, 9.17) is 0 Å². The van der Waals surface area contributed by atoms with E-state index >= 15 is 0 Å². The number of nitrogens with zero attached hydrogens (tertiary/aromatic N) is 3. The Morgan fingerprint density at radius 1 is 1.07 bits per heavy atom. The van der Waals surface area contributed by atoms with Crippen molar-refractivity contribution in [2.45, 2.75) is 5.37 Å². The summed E-state index contributed by atoms with van der Waals surface area (Å²) in [5, 5.41) is 6.84. The van der Waals surface area contributed by atoms with Gasteiger partial charge in [0.25, 0.3) is 0 Å². The Labute approximate surface area is 103 Å². The highest BCUT2D eigenvalue weighted by molar-refractivity contribution is 7.99. The van der Waals surface area contributed by atoms with E-state index in [1.165, 1.54) is 0 Å². The third-order valence-electron chi connectivity index (χ3n) is 1.09. The fourth-order valence-corrected chi connectivity index (χ4v) is 1.72. The lowest BCUT2D eigenvalue weighted by Crippen LogP contribution is -2.05. The Hall–Kier alpha value is -0.250. The van der Waals surface area contributed by atoms with Gasteiger partial charge in [-0.2, -0.15) is 0 Å². The van der Waals surface area contributed by atoms with Gasteiger partial charge in [0.15, 0.2) is 0 Å². The zero-order chi connectivity index (χ0) is 10.6. The molecule has 0 aliphatic rings. The summed E-state index contributed by atoms with van der Waals surface area (Å²) in [5.74, 6) is 0.793. The molecule has 0 amide bonds. The van der Waals surface area contributed by atoms with Crippen molar-refractivity contribution >= 4 is 63.9 Å². The Balaban J connectivity index is 3.89. The predicted octanol–water partition coefficient (Wildman–Crippen LogP) is 2.35. The summed E-state index contributed by atoms with van der Waals surface area (Å²) < 4.78 is 0. The molecule has 3 nitrogen and oxygen atoms in total. The average Bonchev–Trinajstić information content (AvgIpc) is 2.20. The molecule has 14 heavy (non-hydrogen) atoms. The average molecular weight is 261 g/mol. The quantitative estimate of drug-likeness (QED) is 0.400. The van der Waals surface area contributed by atoms with Crippen molar-refractivity contribution < 1.29 is 0 Å². The van der Waals surface area contributed by atoms with Crippen LogP contribution in [0.15, 0.2) is 15.0 Å². The molecule has 0 fully saturated rings. The van der Waals surface area contributed by atoms with Gasteiger partial charge >= 0.3 is 0 Å². The van der Waals surface area contributed by atoms with E-state index in [1.54, 1.807) is 11.8 Å². The molecule has 74 valence electrons. The van der Waals surface area contributed by atoms with Gasteiger partial charge in [-0.1, -0.05) is 0 Å². The standard InChI is InChI=1S/C7H7N3S4/c11-4-8-1-2-14-7(10-6-13)3-9-5-12/h7H,1-3H2. The van der Waals surface area contributed by atoms with Gasteiger partial charge in [0.05, 0.1) is 28.6 Å². The molecular weight excluding hydrogens is 254 g/mol. The van der Waals surface area contributed by atoms with E-state index in [9.17, 15) is 0 Å². The van der Waals surface area contributed by atoms with Gasteiger partial charge in [0.2, 0.25) is 0 Å². The molecule has 0 heterocycles. The maximum absolute atomic E-state index is 4.51. The zero-order valence-electron chi connectivity index (χ0n) is 7.17. The second-order valence-corrected chi connectivity index (χ2v) is 3.78. The van der Waals surface area contributed by atoms with Crippen LogP contribution in [0, 0.1) is 0 Å². The molecule has 0 radical (unpaired) electrons. The van der Waals surface area contributed by atoms with Crippen LogP contribution in [0.4, 0.5) is 0 Å². The predicted molar refractivity (Wildman–Crippen MR) is 71.1 cm³/mol. The summed E-state index contributed by atoms with van der Waals surface area (Å²) in [7, 11) is 0. The smallest absolute Gasteiger partial charge is 0.126 e. The summed E-state index contributed by atoms with van der Waals surface area (Å²) in [5.41, 5.74) is 0. The second kappa shape index (κ2) is 10.8. The van der Waals surface area contributed by atoms with Gasteiger partial charge in [-0.05, 0) is 36.7 Å². The SMILES string of the molecule is S=C=NCCSC(CN=C=S)N=C=S. The van der Waals surface area contributed by atoms with E-state index in [2.05, 4.69) is 67.1 Å². The Bertz CT molecular complexity index is 298. The molecule has 0 saturated heterocycles. The van der Waals surface area contributed by atoms with Crippen molar-refractivity contribution in [2.75, 3.05) is 18.8 Å². The first-order chi connectivity index (χ1) is 6.85. The zero-order valence-corrected chi connectivity index (χ0v) is 10.4. The van der Waals surface area contributed by atoms with Gasteiger partial charge in [-0.25, -0.2) is 15.0 Å². The van der Waals surface area contributed by atoms with Gasteiger partial charge in [-0.15, -0.1) is 11.8 Å². The molecule has 7 heteroatoms. The summed E-state index contributed by atoms with van der Waals surface area (Å²) in [6.45, 7) is 1.10. The van der Waals surface area contributed by atoms with Crippen molar-refractivity contribution in [3.05, 3.63) is 0 Å². The molecule has 0 aliphatic carbocycles. The maximum atomic E-state index is 4.51. The van der Waals surface area contributed by atoms with Crippen molar-refractivity contribution in [1.29, 1.82) is 0 Å². The molecular formula is C7H7N3S4. The lowest BCUT2D eigenvalue weighted by molar-refractivity contribution is 0.924. The number of isothiocyanates is 3. The molecule has 0 aromatic rings. The van der Waals surface area contributed by atoms with Crippen LogP contribution in [0.5, 0.6) is 0 Å². The van der Waals surface area contributed by atoms with E-state index in [0.29, 0.717) is 13.1 Å². The largest absolute Gasteiger partial charge is 0.232 e. The van der Waals surface area contributed by atoms with Crippen LogP contribution >= 0.6 is 48.4 Å². The highest BCUT2D eigenvalue weighted by Gasteiger charge is 2.04. The summed E-state index contributed by atoms with van der Waals surface area (Å²) >= 11 is 15.0. The molecule has 1 unspecified atom stereocenters. The number of aliphatic imine (C=N–C) groups is 3. The van der Waals surface area contributed by atoms with Crippen LogP contribution in [0.3, 0.4) is 0 Å². The summed E-state index contributed by atoms with van der Waals surface area (Å²) in [6.07, 6.45) is 0. The van der Waals surface area contributed by atoms with E-state index < -0.39 is 0 Å². The topological polar surface area (TPSA) is 37.1 Å². The molecule has 0 saturated carbocycles. The second-order valence-electron chi connectivity index (χ2n) is 1.95. The van der Waals surface area contributed by atoms with Crippen LogP contribution in [0.2, 0.25) is 0 Å². The number of thioether (sulfide) groups is 1. The van der Waals surface area contributed by atoms with Gasteiger partial charge in [0, 0.05) is 5.75 Å². The summed E-state index contributed by atoms with van der Waals surface area (Å²) in [6, 6.07) is 0. The first-order valence-corrected chi connectivity index (χ1v) is 5.88. The van der Waals surface area contributed by atoms with Crippen LogP contribution in [0.25, 0.3) is 0 Å². The lowest BCUT2D eigenvalue weighted by Gasteiger charge is -2.04. The van der Waals surface area contributed by atoms with E-state index in [0.717, 1.165) is 5.75 Å². The van der Waals surface area contributed by atoms with E-state index in [-0.39, 0.29) is 5.37 Å². The first kappa shape index (κ1) is 13.8. The third-order valence-corrected chi connectivity index (χ3v) is 2.51. The van der Waals surface area contributed by atoms with Gasteiger partial charge < -0.3 is 0 Å². The van der Waals surface area contributed by atoms with Gasteiger partial charge in [-0.3, -0.25) is 0 Å². The molecule has 0 bridgehead atoms. The lowest BCUT2D eigenvalue weighted by atomic mass is 10.6. The first-order valence-electron chi connectivity index (χ1n) is 3.61. The third kappa shape index (κ3) is 8.35. The molecule has 0 N–H and O–H groups in total. The van der Waals surface area contributed by atoms with Crippen molar-refractivity contribution in [3.8, 4) is 0 Å². The number of thiocarbonyl (C=S) groups is 3. The maximum Gasteiger partial charge on any atom is 0.126 e. The number of hydrogen-bond donors (Lipinski definition) is 0. The van der Waals surface area contributed by atoms with Crippen LogP contribution in [-0.4, -0.2) is 39.7 Å². The van der Waals surface area contributed by atoms with Crippen LogP contribution < -0.4 is 0 Å². The highest BCUT2D eigenvalue weighted by Crippen LogP contribution is 2.11. The summed E-state index contributed by atoms with van der Waals surface area (Å²) in [4.78, 5) is 11.5. The Kier molecular flexibility index (Phi) is 10.6. The van der Waals surface area contributed by atoms with Crippen molar-refractivity contribution in [3.63, 3.8) is 0 Å². The minimum atomic E-state index is -0.0525. The minimum absolute atomic E-state index is 0.0525. The van der Waals surface area contributed by atoms with E-state index in [1.807, 2.05) is 0 Å². The molecule has 0 spiro atoms.